The molecule has 13 heteroatoms. The van der Waals surface area contributed by atoms with Crippen molar-refractivity contribution in [3.05, 3.63) is 99.2 Å². The minimum absolute atomic E-state index is 0.00267. The Balaban J connectivity index is 1.26. The summed E-state index contributed by atoms with van der Waals surface area (Å²) < 4.78 is 59.8. The third kappa shape index (κ3) is 7.18. The third-order valence-electron chi connectivity index (χ3n) is 8.26. The van der Waals surface area contributed by atoms with Crippen LogP contribution in [-0.2, 0) is 28.9 Å². The Bertz CT molecular complexity index is 2060. The second-order valence-electron chi connectivity index (χ2n) is 11.6. The van der Waals surface area contributed by atoms with Crippen molar-refractivity contribution < 1.29 is 37.3 Å². The number of ether oxygens (including phenoxy) is 5. The Morgan fingerprint density at radius 3 is 2.37 bits per heavy atom. The Labute approximate surface area is 281 Å². The van der Waals surface area contributed by atoms with Crippen LogP contribution in [0.25, 0.3) is 16.6 Å². The molecule has 11 nitrogen and oxygen atoms in total. The fourth-order valence-corrected chi connectivity index (χ4v) is 5.93. The van der Waals surface area contributed by atoms with Gasteiger partial charge in [-0.2, -0.15) is 0 Å². The van der Waals surface area contributed by atoms with E-state index in [4.69, 9.17) is 23.7 Å². The normalized spacial score (nSPS) is 12.6. The molecule has 0 N–H and O–H groups in total. The van der Waals surface area contributed by atoms with Crippen LogP contribution in [-0.4, -0.2) is 65.8 Å². The molecule has 0 saturated heterocycles. The lowest BCUT2D eigenvalue weighted by atomic mass is 9.98. The summed E-state index contributed by atoms with van der Waals surface area (Å²) in [6.07, 6.45) is 3.34. The van der Waals surface area contributed by atoms with Gasteiger partial charge in [-0.05, 0) is 61.6 Å². The van der Waals surface area contributed by atoms with Gasteiger partial charge < -0.3 is 23.7 Å². The summed E-state index contributed by atoms with van der Waals surface area (Å²) in [4.78, 5) is 36.1. The average Bonchev–Trinajstić information content (AvgIpc) is 3.39. The molecule has 0 fully saturated rings. The number of benzene rings is 3. The van der Waals surface area contributed by atoms with E-state index in [9.17, 15) is 18.4 Å². The van der Waals surface area contributed by atoms with Crippen LogP contribution in [0.15, 0.2) is 59.7 Å². The number of hydrogen-bond acceptors (Lipinski definition) is 9. The summed E-state index contributed by atoms with van der Waals surface area (Å²) in [7, 11) is 3.18. The van der Waals surface area contributed by atoms with Gasteiger partial charge in [0.05, 0.1) is 29.8 Å². The second kappa shape index (κ2) is 15.0. The highest BCUT2D eigenvalue weighted by atomic mass is 19.1. The van der Waals surface area contributed by atoms with Crippen molar-refractivity contribution in [2.45, 2.75) is 39.2 Å². The van der Waals surface area contributed by atoms with Gasteiger partial charge in [-0.1, -0.05) is 12.1 Å². The first-order valence-corrected chi connectivity index (χ1v) is 15.9. The zero-order valence-corrected chi connectivity index (χ0v) is 27.5. The van der Waals surface area contributed by atoms with Gasteiger partial charge in [0.15, 0.2) is 17.3 Å². The first kappa shape index (κ1) is 33.7. The van der Waals surface area contributed by atoms with Gasteiger partial charge in [-0.3, -0.25) is 14.3 Å². The smallest absolute Gasteiger partial charge is 0.282 e. The van der Waals surface area contributed by atoms with Crippen LogP contribution >= 0.6 is 0 Å². The van der Waals surface area contributed by atoms with Crippen molar-refractivity contribution in [1.29, 1.82) is 0 Å². The predicted octanol–water partition coefficient (Wildman–Crippen LogP) is 5.77. The van der Waals surface area contributed by atoms with Crippen LogP contribution in [0.5, 0.6) is 23.1 Å². The van der Waals surface area contributed by atoms with Gasteiger partial charge in [-0.25, -0.2) is 23.4 Å². The van der Waals surface area contributed by atoms with Crippen molar-refractivity contribution in [3.63, 3.8) is 0 Å². The number of halogens is 2. The van der Waals surface area contributed by atoms with E-state index in [1.807, 2.05) is 13.0 Å². The molecule has 1 aliphatic heterocycles. The maximum atomic E-state index is 14.8. The fourth-order valence-electron chi connectivity index (χ4n) is 5.93. The summed E-state index contributed by atoms with van der Waals surface area (Å²) in [6.45, 7) is 3.66. The monoisotopic (exact) mass is 674 g/mol. The number of nitrogens with zero attached hydrogens (tertiary/aromatic N) is 4. The number of methoxy groups -OCH3 is 2. The topological polar surface area (TPSA) is 116 Å². The third-order valence-corrected chi connectivity index (χ3v) is 8.26. The molecule has 0 unspecified atom stereocenters. The Hall–Kier alpha value is -5.14. The number of carbonyl (C=O) groups excluding carboxylic acids is 1. The quantitative estimate of drug-likeness (QED) is 0.107. The van der Waals surface area contributed by atoms with Crippen LogP contribution in [0, 0.1) is 18.6 Å². The van der Waals surface area contributed by atoms with E-state index in [1.165, 1.54) is 6.33 Å². The Kier molecular flexibility index (Phi) is 10.3. The molecule has 256 valence electrons. The molecule has 3 aromatic carbocycles. The van der Waals surface area contributed by atoms with Gasteiger partial charge in [-0.15, -0.1) is 0 Å². The number of hydrogen-bond donors (Lipinski definition) is 0. The van der Waals surface area contributed by atoms with Crippen molar-refractivity contribution in [3.8, 4) is 28.8 Å². The van der Waals surface area contributed by atoms with E-state index < -0.39 is 23.0 Å². The van der Waals surface area contributed by atoms with E-state index >= 15 is 0 Å². The predicted molar refractivity (Wildman–Crippen MR) is 176 cm³/mol. The Morgan fingerprint density at radius 1 is 0.878 bits per heavy atom. The number of ketones is 1. The summed E-state index contributed by atoms with van der Waals surface area (Å²) in [5, 5.41) is 0.595. The highest BCUT2D eigenvalue weighted by Crippen LogP contribution is 2.37. The largest absolute Gasteiger partial charge is 0.487 e. The van der Waals surface area contributed by atoms with E-state index in [0.717, 1.165) is 41.3 Å². The molecule has 0 radical (unpaired) electrons. The van der Waals surface area contributed by atoms with Gasteiger partial charge in [0.25, 0.3) is 5.56 Å². The van der Waals surface area contributed by atoms with Crippen molar-refractivity contribution >= 4 is 16.7 Å². The second-order valence-corrected chi connectivity index (χ2v) is 11.6. The number of rotatable bonds is 14. The number of aromatic nitrogens is 4. The van der Waals surface area contributed by atoms with Crippen LogP contribution in [0.4, 0.5) is 8.78 Å². The SMILES string of the molecule is COCCOc1cc2ncnc(Oc3ccc(CC(=O)c4c5n(n(-c6cc(F)ccc6F)c4=O)CCCC5)cc3C)c2cc1OCCOC. The number of Topliss-reactive ketones (excluding diaryl/α,β-unsaturated/α-hetero) is 1. The first-order valence-electron chi connectivity index (χ1n) is 15.9. The zero-order chi connectivity index (χ0) is 34.5. The molecule has 0 saturated carbocycles. The molecule has 2 aromatic heterocycles. The minimum atomic E-state index is -0.748. The molecule has 5 aromatic rings. The molecule has 6 rings (SSSR count). The molecular weight excluding hydrogens is 638 g/mol. The summed E-state index contributed by atoms with van der Waals surface area (Å²) in [6, 6.07) is 11.7. The number of carbonyl (C=O) groups is 1. The zero-order valence-electron chi connectivity index (χ0n) is 27.5. The minimum Gasteiger partial charge on any atom is -0.487 e. The maximum Gasteiger partial charge on any atom is 0.282 e. The van der Waals surface area contributed by atoms with Gasteiger partial charge >= 0.3 is 0 Å². The van der Waals surface area contributed by atoms with Crippen LogP contribution < -0.4 is 19.8 Å². The summed E-state index contributed by atoms with van der Waals surface area (Å²) in [5.41, 5.74) is 1.63. The van der Waals surface area contributed by atoms with Crippen LogP contribution in [0.1, 0.15) is 40.0 Å². The molecular formula is C36H36F2N4O7. The molecule has 3 heterocycles. The van der Waals surface area contributed by atoms with Gasteiger partial charge in [0, 0.05) is 39.3 Å². The highest BCUT2D eigenvalue weighted by Gasteiger charge is 2.29. The molecule has 0 bridgehead atoms. The van der Waals surface area contributed by atoms with E-state index in [1.54, 1.807) is 43.2 Å². The molecule has 0 atom stereocenters. The van der Waals surface area contributed by atoms with Crippen molar-refractivity contribution in [2.75, 3.05) is 40.6 Å². The van der Waals surface area contributed by atoms with Gasteiger partial charge in [0.2, 0.25) is 5.88 Å². The number of aryl methyl sites for hydroxylation is 1. The first-order chi connectivity index (χ1) is 23.8. The summed E-state index contributed by atoms with van der Waals surface area (Å²) >= 11 is 0. The van der Waals surface area contributed by atoms with E-state index in [0.29, 0.717) is 84.7 Å². The highest BCUT2D eigenvalue weighted by molar-refractivity contribution is 5.98. The van der Waals surface area contributed by atoms with Crippen molar-refractivity contribution in [1.82, 2.24) is 19.3 Å². The number of fused-ring (bicyclic) bond motifs is 2. The molecule has 49 heavy (non-hydrogen) atoms. The van der Waals surface area contributed by atoms with Crippen molar-refractivity contribution in [2.24, 2.45) is 0 Å². The maximum absolute atomic E-state index is 14.8. The Morgan fingerprint density at radius 2 is 1.63 bits per heavy atom. The van der Waals surface area contributed by atoms with E-state index in [2.05, 4.69) is 9.97 Å². The molecule has 1 aliphatic rings. The molecule has 0 spiro atoms. The lowest BCUT2D eigenvalue weighted by molar-refractivity contribution is 0.0990. The fraction of sp³-hybridized carbons (Fsp3) is 0.333. The van der Waals surface area contributed by atoms with Crippen LogP contribution in [0.3, 0.4) is 0 Å². The molecule has 0 amide bonds. The summed E-state index contributed by atoms with van der Waals surface area (Å²) in [5.74, 6) is -0.0628. The van der Waals surface area contributed by atoms with E-state index in [-0.39, 0.29) is 17.7 Å². The van der Waals surface area contributed by atoms with Gasteiger partial charge in [0.1, 0.15) is 48.2 Å². The lowest BCUT2D eigenvalue weighted by Gasteiger charge is -2.19. The van der Waals surface area contributed by atoms with Crippen LogP contribution in [0.2, 0.25) is 0 Å². The average molecular weight is 675 g/mol. The standard InChI is InChI=1S/C36H36F2N4O7/c1-22-16-23(17-30(43)34-28-6-4-5-11-41(28)42(36(34)44)29-18-24(37)8-9-26(29)38)7-10-31(22)49-35-25-19-32(47-14-12-45-2)33(48-15-13-46-3)20-27(25)39-21-40-35/h7-10,16,18-21H,4-6,11-15,17H2,1-3H3. The lowest BCUT2D eigenvalue weighted by Crippen LogP contribution is -2.25. The molecule has 0 aliphatic carbocycles.